The molecule has 8 nitrogen and oxygen atoms in total. The van der Waals surface area contributed by atoms with Crippen LogP contribution in [0.15, 0.2) is 88.2 Å². The van der Waals surface area contributed by atoms with Crippen LogP contribution in [0, 0.1) is 0 Å². The van der Waals surface area contributed by atoms with Gasteiger partial charge in [-0.05, 0) is 87.2 Å². The largest absolute Gasteiger partial charge is 0.494 e. The van der Waals surface area contributed by atoms with Gasteiger partial charge in [0.2, 0.25) is 11.8 Å². The van der Waals surface area contributed by atoms with Crippen molar-refractivity contribution in [1.29, 1.82) is 0 Å². The van der Waals surface area contributed by atoms with Gasteiger partial charge in [0.1, 0.15) is 18.3 Å². The molecule has 1 N–H and O–H groups in total. The average molecular weight is 671 g/mol. The monoisotopic (exact) mass is 669 g/mol. The maximum atomic E-state index is 14.1. The average Bonchev–Trinajstić information content (AvgIpc) is 3.01. The van der Waals surface area contributed by atoms with E-state index in [1.807, 2.05) is 37.3 Å². The van der Waals surface area contributed by atoms with Gasteiger partial charge < -0.3 is 15.0 Å². The van der Waals surface area contributed by atoms with Crippen LogP contribution in [-0.2, 0) is 26.0 Å². The van der Waals surface area contributed by atoms with Crippen molar-refractivity contribution in [2.45, 2.75) is 69.4 Å². The van der Waals surface area contributed by atoms with E-state index in [0.717, 1.165) is 46.4 Å². The molecule has 0 radical (unpaired) electrons. The molecule has 230 valence electrons. The lowest BCUT2D eigenvalue weighted by Gasteiger charge is -2.33. The Morgan fingerprint density at radius 2 is 1.60 bits per heavy atom. The van der Waals surface area contributed by atoms with Gasteiger partial charge in [-0.2, -0.15) is 0 Å². The van der Waals surface area contributed by atoms with Crippen molar-refractivity contribution in [3.8, 4) is 5.75 Å². The molecule has 4 rings (SSSR count). The second-order valence-electron chi connectivity index (χ2n) is 10.7. The minimum absolute atomic E-state index is 0.0521. The third kappa shape index (κ3) is 8.83. The van der Waals surface area contributed by atoms with Gasteiger partial charge in [-0.1, -0.05) is 65.5 Å². The number of benzene rings is 3. The van der Waals surface area contributed by atoms with E-state index in [9.17, 15) is 18.0 Å². The Morgan fingerprint density at radius 3 is 2.23 bits per heavy atom. The number of anilines is 1. The zero-order valence-corrected chi connectivity index (χ0v) is 27.1. The lowest BCUT2D eigenvalue weighted by atomic mass is 9.95. The number of nitrogens with one attached hydrogen (secondary N) is 1. The molecule has 10 heteroatoms. The molecule has 0 heterocycles. The van der Waals surface area contributed by atoms with Crippen LogP contribution in [0.1, 0.15) is 51.5 Å². The Bertz CT molecular complexity index is 1440. The number of nitrogens with zero attached hydrogens (tertiary/aromatic N) is 2. The van der Waals surface area contributed by atoms with Crippen LogP contribution in [0.3, 0.4) is 0 Å². The third-order valence-electron chi connectivity index (χ3n) is 7.72. The Hall–Kier alpha value is -3.37. The fourth-order valence-electron chi connectivity index (χ4n) is 5.28. The first-order chi connectivity index (χ1) is 20.7. The summed E-state index contributed by atoms with van der Waals surface area (Å²) in [6, 6.07) is 21.9. The highest BCUT2D eigenvalue weighted by Crippen LogP contribution is 2.27. The molecule has 0 spiro atoms. The van der Waals surface area contributed by atoms with Crippen LogP contribution in [0.25, 0.3) is 0 Å². The van der Waals surface area contributed by atoms with Gasteiger partial charge in [0.25, 0.3) is 10.0 Å². The molecule has 0 bridgehead atoms. The van der Waals surface area contributed by atoms with Crippen molar-refractivity contribution >= 4 is 43.5 Å². The Kier molecular flexibility index (Phi) is 11.6. The molecule has 3 aromatic rings. The zero-order valence-electron chi connectivity index (χ0n) is 24.7. The summed E-state index contributed by atoms with van der Waals surface area (Å²) in [5, 5.41) is 3.13. The Balaban J connectivity index is 1.64. The minimum Gasteiger partial charge on any atom is -0.494 e. The van der Waals surface area contributed by atoms with E-state index in [1.54, 1.807) is 43.3 Å². The van der Waals surface area contributed by atoms with Crippen molar-refractivity contribution in [3.05, 3.63) is 88.9 Å². The predicted molar refractivity (Wildman–Crippen MR) is 173 cm³/mol. The fraction of sp³-hybridized carbons (Fsp3) is 0.394. The lowest BCUT2D eigenvalue weighted by molar-refractivity contribution is -0.139. The molecule has 43 heavy (non-hydrogen) atoms. The molecule has 1 aliphatic carbocycles. The van der Waals surface area contributed by atoms with E-state index in [1.165, 1.54) is 17.0 Å². The van der Waals surface area contributed by atoms with E-state index in [0.29, 0.717) is 24.5 Å². The first-order valence-electron chi connectivity index (χ1n) is 14.8. The number of hydrogen-bond acceptors (Lipinski definition) is 5. The Labute approximate surface area is 263 Å². The molecule has 1 atom stereocenters. The molecule has 1 aliphatic rings. The van der Waals surface area contributed by atoms with E-state index in [-0.39, 0.29) is 23.4 Å². The molecule has 3 aromatic carbocycles. The SMILES string of the molecule is CCOc1ccc(N(CC(=O)N(CCc2ccccc2)C(C)C(=O)NC2CCCCC2)S(=O)(=O)c2ccc(Br)cc2)cc1. The van der Waals surface area contributed by atoms with Crippen molar-refractivity contribution in [3.63, 3.8) is 0 Å². The maximum absolute atomic E-state index is 14.1. The molecule has 2 amide bonds. The van der Waals surface area contributed by atoms with Crippen LogP contribution in [0.5, 0.6) is 5.75 Å². The summed E-state index contributed by atoms with van der Waals surface area (Å²) in [7, 11) is -4.14. The summed E-state index contributed by atoms with van der Waals surface area (Å²) in [4.78, 5) is 29.1. The summed E-state index contributed by atoms with van der Waals surface area (Å²) < 4.78 is 35.4. The van der Waals surface area contributed by atoms with Gasteiger partial charge in [0.15, 0.2) is 0 Å². The van der Waals surface area contributed by atoms with Crippen LogP contribution in [0.4, 0.5) is 5.69 Å². The van der Waals surface area contributed by atoms with Gasteiger partial charge in [-0.15, -0.1) is 0 Å². The summed E-state index contributed by atoms with van der Waals surface area (Å²) >= 11 is 3.36. The van der Waals surface area contributed by atoms with E-state index in [4.69, 9.17) is 4.74 Å². The summed E-state index contributed by atoms with van der Waals surface area (Å²) in [5.74, 6) is -0.0930. The molecular formula is C33H40BrN3O5S. The molecule has 0 aromatic heterocycles. The van der Waals surface area contributed by atoms with Gasteiger partial charge in [0, 0.05) is 17.1 Å². The fourth-order valence-corrected chi connectivity index (χ4v) is 6.96. The number of rotatable bonds is 13. The van der Waals surface area contributed by atoms with Crippen molar-refractivity contribution < 1.29 is 22.7 Å². The molecule has 1 unspecified atom stereocenters. The highest BCUT2D eigenvalue weighted by Gasteiger charge is 2.33. The van der Waals surface area contributed by atoms with Crippen molar-refractivity contribution in [2.24, 2.45) is 0 Å². The van der Waals surface area contributed by atoms with Gasteiger partial charge in [-0.25, -0.2) is 8.42 Å². The summed E-state index contributed by atoms with van der Waals surface area (Å²) in [6.07, 6.45) is 5.68. The number of carbonyl (C=O) groups is 2. The summed E-state index contributed by atoms with van der Waals surface area (Å²) in [5.41, 5.74) is 1.34. The number of ether oxygens (including phenoxy) is 1. The van der Waals surface area contributed by atoms with Crippen molar-refractivity contribution in [2.75, 3.05) is 24.0 Å². The Morgan fingerprint density at radius 1 is 0.953 bits per heavy atom. The topological polar surface area (TPSA) is 96.0 Å². The number of hydrogen-bond donors (Lipinski definition) is 1. The predicted octanol–water partition coefficient (Wildman–Crippen LogP) is 5.95. The standard InChI is InChI=1S/C33H40BrN3O5S/c1-3-42-30-18-16-29(17-19-30)37(43(40,41)31-20-14-27(34)15-21-31)24-32(38)36(23-22-26-10-6-4-7-11-26)25(2)33(39)35-28-12-8-5-9-13-28/h4,6-7,10-11,14-21,25,28H,3,5,8-9,12-13,22-24H2,1-2H3,(H,35,39). The number of amides is 2. The third-order valence-corrected chi connectivity index (χ3v) is 10.0. The molecule has 0 aliphatic heterocycles. The van der Waals surface area contributed by atoms with Crippen molar-refractivity contribution in [1.82, 2.24) is 10.2 Å². The summed E-state index contributed by atoms with van der Waals surface area (Å²) in [6.45, 7) is 3.84. The molecular weight excluding hydrogens is 630 g/mol. The lowest BCUT2D eigenvalue weighted by Crippen LogP contribution is -2.53. The maximum Gasteiger partial charge on any atom is 0.264 e. The van der Waals surface area contributed by atoms with Gasteiger partial charge in [0.05, 0.1) is 17.2 Å². The number of sulfonamides is 1. The number of halogens is 1. The molecule has 0 saturated heterocycles. The molecule has 1 fully saturated rings. The first kappa shape index (κ1) is 32.5. The van der Waals surface area contributed by atoms with Crippen LogP contribution < -0.4 is 14.4 Å². The second-order valence-corrected chi connectivity index (χ2v) is 13.5. The smallest absolute Gasteiger partial charge is 0.264 e. The van der Waals surface area contributed by atoms with Gasteiger partial charge >= 0.3 is 0 Å². The minimum atomic E-state index is -4.14. The molecule has 1 saturated carbocycles. The quantitative estimate of drug-likeness (QED) is 0.243. The van der Waals surface area contributed by atoms with E-state index in [2.05, 4.69) is 21.2 Å². The second kappa shape index (κ2) is 15.4. The highest BCUT2D eigenvalue weighted by atomic mass is 79.9. The normalized spacial score (nSPS) is 14.5. The van der Waals surface area contributed by atoms with Gasteiger partial charge in [-0.3, -0.25) is 13.9 Å². The zero-order chi connectivity index (χ0) is 30.8. The van der Waals surface area contributed by atoms with E-state index < -0.39 is 28.5 Å². The van der Waals surface area contributed by atoms with Crippen LogP contribution >= 0.6 is 15.9 Å². The van der Waals surface area contributed by atoms with Crippen LogP contribution in [0.2, 0.25) is 0 Å². The first-order valence-corrected chi connectivity index (χ1v) is 17.1. The number of carbonyl (C=O) groups excluding carboxylic acids is 2. The van der Waals surface area contributed by atoms with Crippen LogP contribution in [-0.4, -0.2) is 56.9 Å². The highest BCUT2D eigenvalue weighted by molar-refractivity contribution is 9.10. The van der Waals surface area contributed by atoms with E-state index >= 15 is 0 Å².